The van der Waals surface area contributed by atoms with Crippen molar-refractivity contribution in [3.8, 4) is 5.88 Å². The number of thiophene rings is 1. The van der Waals surface area contributed by atoms with Gasteiger partial charge < -0.3 is 25.0 Å². The summed E-state index contributed by atoms with van der Waals surface area (Å²) in [6, 6.07) is 0.835. The van der Waals surface area contributed by atoms with Crippen molar-refractivity contribution in [1.29, 1.82) is 0 Å². The fourth-order valence-corrected chi connectivity index (χ4v) is 4.84. The number of hydrogen-bond acceptors (Lipinski definition) is 7. The van der Waals surface area contributed by atoms with Crippen LogP contribution in [-0.4, -0.2) is 73.5 Å². The average Bonchev–Trinajstić information content (AvgIpc) is 3.38. The van der Waals surface area contributed by atoms with E-state index in [1.807, 2.05) is 0 Å². The molecule has 0 spiro atoms. The summed E-state index contributed by atoms with van der Waals surface area (Å²) in [6.45, 7) is 0.882. The molecule has 2 aliphatic heterocycles. The maximum absolute atomic E-state index is 13.6. The number of hydrogen-bond donors (Lipinski definition) is 2. The highest BCUT2D eigenvalue weighted by Gasteiger charge is 2.36. The summed E-state index contributed by atoms with van der Waals surface area (Å²) in [5.74, 6) is -0.782. The molecule has 2 aromatic heterocycles. The molecule has 2 aliphatic rings. The second-order valence-corrected chi connectivity index (χ2v) is 8.69. The van der Waals surface area contributed by atoms with Crippen molar-refractivity contribution in [3.63, 3.8) is 0 Å². The second kappa shape index (κ2) is 9.29. The van der Waals surface area contributed by atoms with Gasteiger partial charge in [-0.2, -0.15) is 13.2 Å². The van der Waals surface area contributed by atoms with E-state index in [-0.39, 0.29) is 47.8 Å². The SMILES string of the molecule is CNC(=O)c1csc2c(C(F)(F)F)cc(OC3CCN(C(=O)OC4CNCC4F)CC3)nc12. The molecule has 180 valence electrons. The molecular formula is C20H22F4N4O4S. The van der Waals surface area contributed by atoms with Gasteiger partial charge >= 0.3 is 12.3 Å². The molecule has 2 atom stereocenters. The Morgan fingerprint density at radius 1 is 1.27 bits per heavy atom. The van der Waals surface area contributed by atoms with Crippen LogP contribution in [0.5, 0.6) is 5.88 Å². The van der Waals surface area contributed by atoms with Gasteiger partial charge in [-0.25, -0.2) is 14.2 Å². The Kier molecular flexibility index (Phi) is 6.61. The molecule has 4 heterocycles. The van der Waals surface area contributed by atoms with Gasteiger partial charge in [0.1, 0.15) is 12.2 Å². The molecular weight excluding hydrogens is 468 g/mol. The number of piperidine rings is 1. The first-order valence-corrected chi connectivity index (χ1v) is 11.2. The maximum atomic E-state index is 13.6. The van der Waals surface area contributed by atoms with Gasteiger partial charge in [0.15, 0.2) is 6.17 Å². The zero-order chi connectivity index (χ0) is 23.8. The number of carbonyl (C=O) groups is 2. The molecule has 4 rings (SSSR count). The van der Waals surface area contributed by atoms with Gasteiger partial charge in [-0.15, -0.1) is 11.3 Å². The molecule has 8 nitrogen and oxygen atoms in total. The number of pyridine rings is 1. The van der Waals surface area contributed by atoms with E-state index in [1.165, 1.54) is 17.3 Å². The Bertz CT molecular complexity index is 1040. The summed E-state index contributed by atoms with van der Waals surface area (Å²) in [7, 11) is 1.38. The third-order valence-electron chi connectivity index (χ3n) is 5.60. The molecule has 2 amide bonds. The fraction of sp³-hybridized carbons (Fsp3) is 0.550. The van der Waals surface area contributed by atoms with Crippen molar-refractivity contribution in [2.45, 2.75) is 37.4 Å². The Labute approximate surface area is 190 Å². The Morgan fingerprint density at radius 3 is 2.61 bits per heavy atom. The van der Waals surface area contributed by atoms with E-state index in [0.29, 0.717) is 12.8 Å². The number of amides is 2. The molecule has 2 fully saturated rings. The molecule has 0 aromatic carbocycles. The molecule has 2 N–H and O–H groups in total. The van der Waals surface area contributed by atoms with E-state index in [0.717, 1.165) is 17.4 Å². The molecule has 0 aliphatic carbocycles. The minimum Gasteiger partial charge on any atom is -0.474 e. The highest BCUT2D eigenvalue weighted by atomic mass is 32.1. The van der Waals surface area contributed by atoms with Crippen LogP contribution >= 0.6 is 11.3 Å². The van der Waals surface area contributed by atoms with Crippen LogP contribution in [0.2, 0.25) is 0 Å². The molecule has 0 bridgehead atoms. The molecule has 2 saturated heterocycles. The lowest BCUT2D eigenvalue weighted by Crippen LogP contribution is -2.44. The van der Waals surface area contributed by atoms with Crippen LogP contribution < -0.4 is 15.4 Å². The van der Waals surface area contributed by atoms with Crippen molar-refractivity contribution < 1.29 is 36.6 Å². The van der Waals surface area contributed by atoms with Gasteiger partial charge in [0.2, 0.25) is 5.88 Å². The smallest absolute Gasteiger partial charge is 0.418 e. The van der Waals surface area contributed by atoms with Gasteiger partial charge in [0.05, 0.1) is 21.3 Å². The highest BCUT2D eigenvalue weighted by Crippen LogP contribution is 2.40. The van der Waals surface area contributed by atoms with Crippen LogP contribution in [0.25, 0.3) is 10.2 Å². The third kappa shape index (κ3) is 4.98. The summed E-state index contributed by atoms with van der Waals surface area (Å²) in [4.78, 5) is 29.9. The standard InChI is InChI=1S/C20H22F4N4O4S/c1-25-18(29)11-9-33-17-12(20(22,23)24)6-15(27-16(11)17)31-10-2-4-28(5-3-10)19(30)32-14-8-26-7-13(14)21/h6,9-10,13-14,26H,2-5,7-8H2,1H3,(H,25,29). The number of fused-ring (bicyclic) bond motifs is 1. The number of nitrogens with one attached hydrogen (secondary N) is 2. The van der Waals surface area contributed by atoms with Gasteiger partial charge in [0, 0.05) is 57.5 Å². The fourth-order valence-electron chi connectivity index (χ4n) is 3.82. The number of nitrogens with zero attached hydrogens (tertiary/aromatic N) is 2. The van der Waals surface area contributed by atoms with Crippen molar-refractivity contribution in [1.82, 2.24) is 20.5 Å². The van der Waals surface area contributed by atoms with Crippen LogP contribution in [-0.2, 0) is 10.9 Å². The van der Waals surface area contributed by atoms with Gasteiger partial charge in [-0.1, -0.05) is 0 Å². The number of ether oxygens (including phenoxy) is 2. The highest BCUT2D eigenvalue weighted by molar-refractivity contribution is 7.17. The predicted molar refractivity (Wildman–Crippen MR) is 111 cm³/mol. The van der Waals surface area contributed by atoms with Crippen molar-refractivity contribution in [2.75, 3.05) is 33.2 Å². The van der Waals surface area contributed by atoms with E-state index in [9.17, 15) is 27.2 Å². The Morgan fingerprint density at radius 2 is 2.00 bits per heavy atom. The Hall–Kier alpha value is -2.67. The van der Waals surface area contributed by atoms with Gasteiger partial charge in [-0.3, -0.25) is 4.79 Å². The molecule has 2 unspecified atom stereocenters. The van der Waals surface area contributed by atoms with Gasteiger partial charge in [0.25, 0.3) is 5.91 Å². The summed E-state index contributed by atoms with van der Waals surface area (Å²) < 4.78 is 65.3. The Balaban J connectivity index is 1.46. The van der Waals surface area contributed by atoms with E-state index in [2.05, 4.69) is 15.6 Å². The minimum absolute atomic E-state index is 0.0404. The normalized spacial score (nSPS) is 21.9. The lowest BCUT2D eigenvalue weighted by atomic mass is 10.1. The molecule has 0 saturated carbocycles. The number of rotatable bonds is 4. The number of halogens is 4. The van der Waals surface area contributed by atoms with Crippen LogP contribution in [0, 0.1) is 0 Å². The van der Waals surface area contributed by atoms with E-state index in [1.54, 1.807) is 0 Å². The number of alkyl halides is 4. The van der Waals surface area contributed by atoms with Crippen LogP contribution in [0.1, 0.15) is 28.8 Å². The summed E-state index contributed by atoms with van der Waals surface area (Å²) in [5.41, 5.74) is -0.954. The monoisotopic (exact) mass is 490 g/mol. The predicted octanol–water partition coefficient (Wildman–Crippen LogP) is 2.96. The first-order valence-electron chi connectivity index (χ1n) is 10.4. The van der Waals surface area contributed by atoms with E-state index in [4.69, 9.17) is 9.47 Å². The summed E-state index contributed by atoms with van der Waals surface area (Å²) in [6.07, 6.45) is -7.17. The van der Waals surface area contributed by atoms with E-state index < -0.39 is 42.1 Å². The van der Waals surface area contributed by atoms with Crippen molar-refractivity contribution in [2.24, 2.45) is 0 Å². The number of aromatic nitrogens is 1. The third-order valence-corrected chi connectivity index (χ3v) is 6.61. The summed E-state index contributed by atoms with van der Waals surface area (Å²) >= 11 is 0.794. The molecule has 13 heteroatoms. The topological polar surface area (TPSA) is 92.8 Å². The van der Waals surface area contributed by atoms with Crippen LogP contribution in [0.4, 0.5) is 22.4 Å². The number of likely N-dealkylation sites (tertiary alicyclic amines) is 1. The first kappa shape index (κ1) is 23.5. The van der Waals surface area contributed by atoms with Crippen LogP contribution in [0.15, 0.2) is 11.4 Å². The van der Waals surface area contributed by atoms with E-state index >= 15 is 0 Å². The van der Waals surface area contributed by atoms with Crippen molar-refractivity contribution in [3.05, 3.63) is 22.6 Å². The number of carbonyl (C=O) groups excluding carboxylic acids is 2. The second-order valence-electron chi connectivity index (χ2n) is 7.81. The van der Waals surface area contributed by atoms with Gasteiger partial charge in [-0.05, 0) is 0 Å². The largest absolute Gasteiger partial charge is 0.474 e. The lowest BCUT2D eigenvalue weighted by Gasteiger charge is -2.32. The first-order chi connectivity index (χ1) is 15.7. The average molecular weight is 490 g/mol. The lowest BCUT2D eigenvalue weighted by molar-refractivity contribution is -0.136. The molecule has 0 radical (unpaired) electrons. The minimum atomic E-state index is -4.65. The molecule has 2 aromatic rings. The zero-order valence-electron chi connectivity index (χ0n) is 17.6. The quantitative estimate of drug-likeness (QED) is 0.641. The molecule has 33 heavy (non-hydrogen) atoms. The summed E-state index contributed by atoms with van der Waals surface area (Å²) in [5, 5.41) is 6.53. The maximum Gasteiger partial charge on any atom is 0.418 e. The zero-order valence-corrected chi connectivity index (χ0v) is 18.4. The van der Waals surface area contributed by atoms with Crippen molar-refractivity contribution >= 4 is 33.6 Å². The van der Waals surface area contributed by atoms with Crippen LogP contribution in [0.3, 0.4) is 0 Å².